The van der Waals surface area contributed by atoms with E-state index in [-0.39, 0.29) is 18.3 Å². The van der Waals surface area contributed by atoms with Gasteiger partial charge < -0.3 is 10.6 Å². The summed E-state index contributed by atoms with van der Waals surface area (Å²) in [5, 5.41) is 7.74. The molecule has 1 aliphatic rings. The topological polar surface area (TPSA) is 77.0 Å². The summed E-state index contributed by atoms with van der Waals surface area (Å²) in [7, 11) is 0. The lowest BCUT2D eigenvalue weighted by molar-refractivity contribution is -0.134. The van der Waals surface area contributed by atoms with Crippen molar-refractivity contribution in [2.75, 3.05) is 13.1 Å². The molecule has 1 aromatic heterocycles. The van der Waals surface area contributed by atoms with Crippen LogP contribution in [0.5, 0.6) is 0 Å². The average Bonchev–Trinajstić information content (AvgIpc) is 2.81. The smallest absolute Gasteiger partial charge is 0.239 e. The molecule has 2 N–H and O–H groups in total. The van der Waals surface area contributed by atoms with E-state index < -0.39 is 6.04 Å². The van der Waals surface area contributed by atoms with Gasteiger partial charge in [-0.2, -0.15) is 0 Å². The first kappa shape index (κ1) is 14.9. The van der Waals surface area contributed by atoms with E-state index in [0.717, 1.165) is 32.5 Å². The molecule has 2 heterocycles. The zero-order valence-electron chi connectivity index (χ0n) is 10.5. The van der Waals surface area contributed by atoms with E-state index in [2.05, 4.69) is 10.3 Å². The number of hydrogen-bond donors (Lipinski definition) is 1. The van der Waals surface area contributed by atoms with Crippen molar-refractivity contribution in [2.24, 2.45) is 11.7 Å². The Kier molecular flexibility index (Phi) is 5.55. The fourth-order valence-electron chi connectivity index (χ4n) is 2.30. The third-order valence-electron chi connectivity index (χ3n) is 3.14. The molecule has 0 aromatic carbocycles. The second kappa shape index (κ2) is 6.70. The molecule has 2 rings (SSSR count). The van der Waals surface area contributed by atoms with Gasteiger partial charge in [0, 0.05) is 25.8 Å². The summed E-state index contributed by atoms with van der Waals surface area (Å²) in [5.41, 5.74) is 5.63. The van der Waals surface area contributed by atoms with Gasteiger partial charge in [0.05, 0.1) is 12.2 Å². The summed E-state index contributed by atoms with van der Waals surface area (Å²) < 4.78 is 1.82. The number of aromatic nitrogens is 3. The van der Waals surface area contributed by atoms with Crippen LogP contribution in [0.25, 0.3) is 0 Å². The molecule has 7 heteroatoms. The van der Waals surface area contributed by atoms with Gasteiger partial charge in [0.25, 0.3) is 0 Å². The van der Waals surface area contributed by atoms with Gasteiger partial charge in [-0.15, -0.1) is 17.5 Å². The Morgan fingerprint density at radius 2 is 2.39 bits per heavy atom. The van der Waals surface area contributed by atoms with Crippen LogP contribution < -0.4 is 5.73 Å². The summed E-state index contributed by atoms with van der Waals surface area (Å²) in [4.78, 5) is 13.7. The van der Waals surface area contributed by atoms with Crippen LogP contribution in [0.2, 0.25) is 0 Å². The Morgan fingerprint density at radius 1 is 1.61 bits per heavy atom. The number of piperidine rings is 1. The van der Waals surface area contributed by atoms with Crippen LogP contribution in [0.4, 0.5) is 0 Å². The number of hydrogen-bond acceptors (Lipinski definition) is 4. The molecule has 1 amide bonds. The first-order valence-corrected chi connectivity index (χ1v) is 6.05. The van der Waals surface area contributed by atoms with E-state index in [0.29, 0.717) is 5.92 Å². The van der Waals surface area contributed by atoms with Crippen molar-refractivity contribution >= 4 is 18.3 Å². The molecule has 0 spiro atoms. The van der Waals surface area contributed by atoms with Crippen LogP contribution in [0.15, 0.2) is 12.4 Å². The highest BCUT2D eigenvalue weighted by Crippen LogP contribution is 2.18. The summed E-state index contributed by atoms with van der Waals surface area (Å²) in [6.45, 7) is 4.17. The minimum atomic E-state index is -0.403. The van der Waals surface area contributed by atoms with Crippen molar-refractivity contribution in [3.05, 3.63) is 12.4 Å². The summed E-state index contributed by atoms with van der Waals surface area (Å²) in [6.07, 6.45) is 5.69. The predicted octanol–water partition coefficient (Wildman–Crippen LogP) is 0.286. The highest BCUT2D eigenvalue weighted by atomic mass is 35.5. The Bertz CT molecular complexity index is 368. The van der Waals surface area contributed by atoms with Gasteiger partial charge in [-0.1, -0.05) is 5.21 Å². The van der Waals surface area contributed by atoms with E-state index in [1.807, 2.05) is 15.8 Å². The zero-order valence-corrected chi connectivity index (χ0v) is 11.3. The third-order valence-corrected chi connectivity index (χ3v) is 3.14. The van der Waals surface area contributed by atoms with Crippen molar-refractivity contribution < 1.29 is 4.79 Å². The molecular formula is C11H20ClN5O. The highest BCUT2D eigenvalue weighted by Gasteiger charge is 2.25. The van der Waals surface area contributed by atoms with E-state index in [1.165, 1.54) is 0 Å². The van der Waals surface area contributed by atoms with Crippen LogP contribution in [-0.2, 0) is 11.3 Å². The first-order valence-electron chi connectivity index (χ1n) is 6.05. The van der Waals surface area contributed by atoms with E-state index >= 15 is 0 Å². The molecule has 6 nitrogen and oxygen atoms in total. The minimum absolute atomic E-state index is 0. The van der Waals surface area contributed by atoms with Gasteiger partial charge in [0.1, 0.15) is 0 Å². The number of carbonyl (C=O) groups is 1. The van der Waals surface area contributed by atoms with Crippen LogP contribution >= 0.6 is 12.4 Å². The van der Waals surface area contributed by atoms with E-state index in [9.17, 15) is 4.79 Å². The largest absolute Gasteiger partial charge is 0.341 e. The monoisotopic (exact) mass is 273 g/mol. The van der Waals surface area contributed by atoms with Crippen molar-refractivity contribution in [1.82, 2.24) is 19.9 Å². The Hall–Kier alpha value is -1.14. The van der Waals surface area contributed by atoms with Gasteiger partial charge in [-0.3, -0.25) is 9.48 Å². The lowest BCUT2D eigenvalue weighted by atomic mass is 9.97. The van der Waals surface area contributed by atoms with Crippen molar-refractivity contribution in [2.45, 2.75) is 32.4 Å². The van der Waals surface area contributed by atoms with Crippen molar-refractivity contribution in [3.63, 3.8) is 0 Å². The van der Waals surface area contributed by atoms with Gasteiger partial charge in [0.2, 0.25) is 5.91 Å². The second-order valence-electron chi connectivity index (χ2n) is 4.71. The van der Waals surface area contributed by atoms with Crippen molar-refractivity contribution in [1.29, 1.82) is 0 Å². The maximum atomic E-state index is 11.8. The second-order valence-corrected chi connectivity index (χ2v) is 4.71. The molecule has 0 saturated carbocycles. The molecule has 1 unspecified atom stereocenters. The number of amides is 1. The third kappa shape index (κ3) is 3.68. The maximum Gasteiger partial charge on any atom is 0.239 e. The average molecular weight is 274 g/mol. The molecule has 0 radical (unpaired) electrons. The number of nitrogens with zero attached hydrogens (tertiary/aromatic N) is 4. The number of likely N-dealkylation sites (tertiary alicyclic amines) is 1. The molecule has 1 aliphatic heterocycles. The van der Waals surface area contributed by atoms with E-state index in [1.54, 1.807) is 13.1 Å². The molecule has 0 bridgehead atoms. The SMILES string of the molecule is C[C@@H](N)C(=O)N1CCCC(Cn2ccnn2)C1.Cl. The first-order chi connectivity index (χ1) is 8.16. The van der Waals surface area contributed by atoms with Gasteiger partial charge >= 0.3 is 0 Å². The van der Waals surface area contributed by atoms with Crippen LogP contribution in [-0.4, -0.2) is 44.9 Å². The predicted molar refractivity (Wildman–Crippen MR) is 70.2 cm³/mol. The summed E-state index contributed by atoms with van der Waals surface area (Å²) >= 11 is 0. The lowest BCUT2D eigenvalue weighted by Gasteiger charge is -2.33. The fraction of sp³-hybridized carbons (Fsp3) is 0.727. The molecule has 1 saturated heterocycles. The molecule has 1 aromatic rings. The van der Waals surface area contributed by atoms with Gasteiger partial charge in [-0.05, 0) is 25.7 Å². The zero-order chi connectivity index (χ0) is 12.3. The summed E-state index contributed by atoms with van der Waals surface area (Å²) in [6, 6.07) is -0.403. The maximum absolute atomic E-state index is 11.8. The Balaban J connectivity index is 0.00000162. The van der Waals surface area contributed by atoms with Gasteiger partial charge in [0.15, 0.2) is 0 Å². The quantitative estimate of drug-likeness (QED) is 0.859. The molecule has 1 fully saturated rings. The minimum Gasteiger partial charge on any atom is -0.341 e. The van der Waals surface area contributed by atoms with Crippen molar-refractivity contribution in [3.8, 4) is 0 Å². The Morgan fingerprint density at radius 3 is 3.00 bits per heavy atom. The number of carbonyl (C=O) groups excluding carboxylic acids is 1. The Labute approximate surface area is 113 Å². The highest BCUT2D eigenvalue weighted by molar-refractivity contribution is 5.85. The standard InChI is InChI=1S/C11H19N5O.ClH/c1-9(12)11(17)15-5-2-3-10(7-15)8-16-6-4-13-14-16;/h4,6,9-10H,2-3,5,7-8,12H2,1H3;1H/t9-,10?;/m1./s1. The number of rotatable bonds is 3. The molecule has 18 heavy (non-hydrogen) atoms. The van der Waals surface area contributed by atoms with Crippen LogP contribution in [0.1, 0.15) is 19.8 Å². The van der Waals surface area contributed by atoms with E-state index in [4.69, 9.17) is 5.73 Å². The lowest BCUT2D eigenvalue weighted by Crippen LogP contribution is -2.47. The van der Waals surface area contributed by atoms with Crippen LogP contribution in [0, 0.1) is 5.92 Å². The normalized spacial score (nSPS) is 21.2. The number of halogens is 1. The molecule has 0 aliphatic carbocycles. The fourth-order valence-corrected chi connectivity index (χ4v) is 2.30. The molecule has 102 valence electrons. The molecule has 2 atom stereocenters. The number of nitrogens with two attached hydrogens (primary N) is 1. The van der Waals surface area contributed by atoms with Crippen LogP contribution in [0.3, 0.4) is 0 Å². The van der Waals surface area contributed by atoms with Gasteiger partial charge in [-0.25, -0.2) is 0 Å². The molecular weight excluding hydrogens is 254 g/mol. The summed E-state index contributed by atoms with van der Waals surface area (Å²) in [5.74, 6) is 0.501.